The van der Waals surface area contributed by atoms with E-state index in [1.54, 1.807) is 27.7 Å². The van der Waals surface area contributed by atoms with Gasteiger partial charge in [0, 0.05) is 19.6 Å². The lowest BCUT2D eigenvalue weighted by molar-refractivity contribution is -0.132. The Morgan fingerprint density at radius 3 is 2.61 bits per heavy atom. The number of carbonyl (C=O) groups is 2. The molecule has 1 amide bonds. The van der Waals surface area contributed by atoms with Crippen molar-refractivity contribution in [3.63, 3.8) is 0 Å². The number of hydrogen-bond donors (Lipinski definition) is 0. The molecule has 8 nitrogen and oxygen atoms in total. The third-order valence-electron chi connectivity index (χ3n) is 5.50. The Labute approximate surface area is 195 Å². The number of hydrogen-bond acceptors (Lipinski definition) is 7. The minimum absolute atomic E-state index is 0.0180. The molecule has 2 heterocycles. The predicted octanol–water partition coefficient (Wildman–Crippen LogP) is 2.38. The second-order valence-corrected chi connectivity index (χ2v) is 8.53. The average Bonchev–Trinajstić information content (AvgIpc) is 2.87. The van der Waals surface area contributed by atoms with Crippen LogP contribution >= 0.6 is 11.8 Å². The number of amides is 1. The summed E-state index contributed by atoms with van der Waals surface area (Å²) >= 11 is 1.24. The van der Waals surface area contributed by atoms with Crippen LogP contribution in [-0.4, -0.2) is 65.5 Å². The number of thioether (sulfide) groups is 1. The number of fused-ring (bicyclic) bond motifs is 1. The summed E-state index contributed by atoms with van der Waals surface area (Å²) in [4.78, 5) is 44.4. The van der Waals surface area contributed by atoms with Gasteiger partial charge in [-0.3, -0.25) is 14.2 Å². The number of rotatable bonds is 7. The topological polar surface area (TPSA) is 90.7 Å². The van der Waals surface area contributed by atoms with Gasteiger partial charge in [-0.1, -0.05) is 42.1 Å². The molecule has 0 spiro atoms. The van der Waals surface area contributed by atoms with Gasteiger partial charge in [0.25, 0.3) is 5.56 Å². The van der Waals surface area contributed by atoms with Crippen LogP contribution in [0.1, 0.15) is 15.9 Å². The van der Waals surface area contributed by atoms with Crippen molar-refractivity contribution in [1.82, 2.24) is 14.5 Å². The molecular weight excluding hydrogens is 442 g/mol. The number of nitrogens with zero attached hydrogens (tertiary/aromatic N) is 3. The number of ether oxygens (including phenoxy) is 2. The number of esters is 1. The van der Waals surface area contributed by atoms with Gasteiger partial charge in [0.15, 0.2) is 5.16 Å². The van der Waals surface area contributed by atoms with E-state index < -0.39 is 5.97 Å². The van der Waals surface area contributed by atoms with Crippen molar-refractivity contribution in [3.8, 4) is 0 Å². The molecule has 1 fully saturated rings. The Balaban J connectivity index is 1.65. The Morgan fingerprint density at radius 1 is 1.12 bits per heavy atom. The van der Waals surface area contributed by atoms with Crippen molar-refractivity contribution in [2.45, 2.75) is 18.1 Å². The van der Waals surface area contributed by atoms with Gasteiger partial charge < -0.3 is 14.4 Å². The third kappa shape index (κ3) is 5.43. The van der Waals surface area contributed by atoms with Gasteiger partial charge in [0.2, 0.25) is 5.91 Å². The standard InChI is InChI=1S/C24H25N3O5S/c1-31-23(30)18-7-8-19-20(15-18)25-24(33-16-21(28)26-11-13-32-14-12-26)27(22(19)29)10-9-17-5-3-2-4-6-17/h2-8,15H,9-14,16H2,1H3. The van der Waals surface area contributed by atoms with E-state index in [4.69, 9.17) is 9.47 Å². The first-order valence-electron chi connectivity index (χ1n) is 10.7. The lowest BCUT2D eigenvalue weighted by Crippen LogP contribution is -2.41. The molecule has 3 aromatic rings. The van der Waals surface area contributed by atoms with Crippen LogP contribution in [-0.2, 0) is 27.2 Å². The van der Waals surface area contributed by atoms with Crippen LogP contribution in [0.3, 0.4) is 0 Å². The fourth-order valence-electron chi connectivity index (χ4n) is 3.67. The quantitative estimate of drug-likeness (QED) is 0.299. The first kappa shape index (κ1) is 23.0. The summed E-state index contributed by atoms with van der Waals surface area (Å²) in [6.45, 7) is 2.62. The smallest absolute Gasteiger partial charge is 0.337 e. The summed E-state index contributed by atoms with van der Waals surface area (Å²) < 4.78 is 11.7. The predicted molar refractivity (Wildman–Crippen MR) is 126 cm³/mol. The Morgan fingerprint density at radius 2 is 1.88 bits per heavy atom. The van der Waals surface area contributed by atoms with E-state index in [-0.39, 0.29) is 17.2 Å². The summed E-state index contributed by atoms with van der Waals surface area (Å²) in [5.74, 6) is -0.348. The molecule has 9 heteroatoms. The van der Waals surface area contributed by atoms with Crippen molar-refractivity contribution in [3.05, 3.63) is 70.0 Å². The van der Waals surface area contributed by atoms with E-state index in [1.165, 1.54) is 18.9 Å². The lowest BCUT2D eigenvalue weighted by Gasteiger charge is -2.26. The molecule has 0 radical (unpaired) electrons. The molecule has 0 aliphatic carbocycles. The first-order chi connectivity index (χ1) is 16.1. The zero-order chi connectivity index (χ0) is 23.2. The van der Waals surface area contributed by atoms with Crippen LogP contribution in [0.25, 0.3) is 10.9 Å². The molecule has 172 valence electrons. The van der Waals surface area contributed by atoms with Crippen LogP contribution in [0.5, 0.6) is 0 Å². The zero-order valence-corrected chi connectivity index (χ0v) is 19.2. The summed E-state index contributed by atoms with van der Waals surface area (Å²) in [5.41, 5.74) is 1.62. The maximum Gasteiger partial charge on any atom is 0.337 e. The summed E-state index contributed by atoms with van der Waals surface area (Å²) in [7, 11) is 1.31. The van der Waals surface area contributed by atoms with Crippen molar-refractivity contribution in [1.29, 1.82) is 0 Å². The Kier molecular flexibility index (Phi) is 7.41. The van der Waals surface area contributed by atoms with Gasteiger partial charge in [0.1, 0.15) is 0 Å². The Hall–Kier alpha value is -3.17. The van der Waals surface area contributed by atoms with Crippen molar-refractivity contribution in [2.75, 3.05) is 39.2 Å². The van der Waals surface area contributed by atoms with Crippen molar-refractivity contribution < 1.29 is 19.1 Å². The molecule has 0 bridgehead atoms. The number of carbonyl (C=O) groups excluding carboxylic acids is 2. The minimum atomic E-state index is -0.497. The highest BCUT2D eigenvalue weighted by molar-refractivity contribution is 7.99. The van der Waals surface area contributed by atoms with E-state index in [0.717, 1.165) is 5.56 Å². The molecule has 1 aliphatic heterocycles. The van der Waals surface area contributed by atoms with Gasteiger partial charge >= 0.3 is 5.97 Å². The number of methoxy groups -OCH3 is 1. The maximum atomic E-state index is 13.3. The van der Waals surface area contributed by atoms with Crippen LogP contribution in [0, 0.1) is 0 Å². The molecule has 2 aromatic carbocycles. The van der Waals surface area contributed by atoms with Crippen molar-refractivity contribution >= 4 is 34.5 Å². The molecule has 0 unspecified atom stereocenters. The zero-order valence-electron chi connectivity index (χ0n) is 18.4. The summed E-state index contributed by atoms with van der Waals surface area (Å²) in [6.07, 6.45) is 0.652. The third-order valence-corrected chi connectivity index (χ3v) is 6.46. The molecular formula is C24H25N3O5S. The van der Waals surface area contributed by atoms with E-state index >= 15 is 0 Å². The summed E-state index contributed by atoms with van der Waals surface area (Å²) in [6, 6.07) is 14.6. The SMILES string of the molecule is COC(=O)c1ccc2c(=O)n(CCc3ccccc3)c(SCC(=O)N3CCOCC3)nc2c1. The number of benzene rings is 2. The number of aryl methyl sites for hydroxylation is 1. The lowest BCUT2D eigenvalue weighted by atomic mass is 10.1. The van der Waals surface area contributed by atoms with E-state index in [2.05, 4.69) is 4.98 Å². The van der Waals surface area contributed by atoms with Gasteiger partial charge in [-0.05, 0) is 30.2 Å². The fraction of sp³-hybridized carbons (Fsp3) is 0.333. The molecule has 33 heavy (non-hydrogen) atoms. The highest BCUT2D eigenvalue weighted by Gasteiger charge is 2.19. The first-order valence-corrected chi connectivity index (χ1v) is 11.7. The van der Waals surface area contributed by atoms with Crippen LogP contribution in [0.2, 0.25) is 0 Å². The monoisotopic (exact) mass is 467 g/mol. The van der Waals surface area contributed by atoms with E-state index in [9.17, 15) is 14.4 Å². The number of morpholine rings is 1. The van der Waals surface area contributed by atoms with Crippen LogP contribution < -0.4 is 5.56 Å². The highest BCUT2D eigenvalue weighted by atomic mass is 32.2. The maximum absolute atomic E-state index is 13.3. The van der Waals surface area contributed by atoms with Gasteiger partial charge in [-0.2, -0.15) is 0 Å². The molecule has 0 saturated carbocycles. The van der Waals surface area contributed by atoms with Gasteiger partial charge in [0.05, 0.1) is 42.5 Å². The highest BCUT2D eigenvalue weighted by Crippen LogP contribution is 2.20. The fourth-order valence-corrected chi connectivity index (χ4v) is 4.60. The number of aromatic nitrogens is 2. The second-order valence-electron chi connectivity index (χ2n) is 7.59. The van der Waals surface area contributed by atoms with Crippen molar-refractivity contribution in [2.24, 2.45) is 0 Å². The van der Waals surface area contributed by atoms with E-state index in [1.807, 2.05) is 30.3 Å². The van der Waals surface area contributed by atoms with Crippen LogP contribution in [0.4, 0.5) is 0 Å². The molecule has 1 saturated heterocycles. The van der Waals surface area contributed by atoms with E-state index in [0.29, 0.717) is 60.9 Å². The van der Waals surface area contributed by atoms with Gasteiger partial charge in [-0.15, -0.1) is 0 Å². The largest absolute Gasteiger partial charge is 0.465 e. The molecule has 1 aromatic heterocycles. The van der Waals surface area contributed by atoms with Gasteiger partial charge in [-0.25, -0.2) is 9.78 Å². The second kappa shape index (κ2) is 10.6. The molecule has 0 N–H and O–H groups in total. The average molecular weight is 468 g/mol. The molecule has 4 rings (SSSR count). The molecule has 0 atom stereocenters. The Bertz CT molecular complexity index is 1210. The van der Waals surface area contributed by atoms with Crippen LogP contribution in [0.15, 0.2) is 58.5 Å². The summed E-state index contributed by atoms with van der Waals surface area (Å²) in [5, 5.41) is 0.867. The molecule has 1 aliphatic rings. The minimum Gasteiger partial charge on any atom is -0.465 e. The normalized spacial score (nSPS) is 13.8.